The van der Waals surface area contributed by atoms with Crippen molar-refractivity contribution >= 4 is 21.4 Å². The van der Waals surface area contributed by atoms with Crippen LogP contribution >= 0.6 is 0 Å². The summed E-state index contributed by atoms with van der Waals surface area (Å²) in [5, 5.41) is 4.15. The molecule has 0 unspecified atom stereocenters. The molecule has 7 heteroatoms. The maximum atomic E-state index is 12.6. The number of aryl methyl sites for hydroxylation is 4. The summed E-state index contributed by atoms with van der Waals surface area (Å²) in [6, 6.07) is 3.50. The lowest BCUT2D eigenvalue weighted by atomic mass is 10.1. The van der Waals surface area contributed by atoms with Crippen LogP contribution in [-0.4, -0.2) is 18.2 Å². The normalized spacial score (nSPS) is 11.7. The molecule has 3 N–H and O–H groups in total. The van der Waals surface area contributed by atoms with Gasteiger partial charge in [-0.1, -0.05) is 0 Å². The Bertz CT molecular complexity index is 807. The van der Waals surface area contributed by atoms with Crippen molar-refractivity contribution in [1.29, 1.82) is 0 Å². The highest BCUT2D eigenvalue weighted by atomic mass is 32.2. The van der Waals surface area contributed by atoms with Crippen molar-refractivity contribution in [3.63, 3.8) is 0 Å². The number of nitrogens with zero attached hydrogens (tertiary/aromatic N) is 2. The maximum absolute atomic E-state index is 12.6. The smallest absolute Gasteiger partial charge is 0.265 e. The molecule has 2 rings (SSSR count). The van der Waals surface area contributed by atoms with Gasteiger partial charge in [-0.25, -0.2) is 8.42 Å². The van der Waals surface area contributed by atoms with E-state index in [9.17, 15) is 8.42 Å². The zero-order valence-corrected chi connectivity index (χ0v) is 13.7. The Hall–Kier alpha value is -2.02. The van der Waals surface area contributed by atoms with E-state index in [1.807, 2.05) is 13.8 Å². The van der Waals surface area contributed by atoms with Crippen molar-refractivity contribution in [2.24, 2.45) is 7.05 Å². The monoisotopic (exact) mass is 308 g/mol. The van der Waals surface area contributed by atoms with E-state index in [0.29, 0.717) is 22.8 Å². The third-order valence-electron chi connectivity index (χ3n) is 3.57. The summed E-state index contributed by atoms with van der Waals surface area (Å²) >= 11 is 0. The summed E-state index contributed by atoms with van der Waals surface area (Å²) < 4.78 is 29.4. The molecule has 0 saturated carbocycles. The van der Waals surface area contributed by atoms with Gasteiger partial charge in [0.15, 0.2) is 0 Å². The van der Waals surface area contributed by atoms with E-state index in [2.05, 4.69) is 9.82 Å². The van der Waals surface area contributed by atoms with Crippen LogP contribution in [0.15, 0.2) is 17.0 Å². The van der Waals surface area contributed by atoms with Crippen molar-refractivity contribution in [2.45, 2.75) is 32.6 Å². The Morgan fingerprint density at radius 3 is 2.29 bits per heavy atom. The SMILES string of the molecule is Cc1cc(NS(=O)(=O)c2c(C)nn(C)c2C)c(C)cc1N. The zero-order chi connectivity index (χ0) is 15.9. The number of nitrogen functional groups attached to an aromatic ring is 1. The van der Waals surface area contributed by atoms with E-state index in [0.717, 1.165) is 11.1 Å². The Kier molecular flexibility index (Phi) is 3.71. The Balaban J connectivity index is 2.50. The lowest BCUT2D eigenvalue weighted by Gasteiger charge is -2.13. The van der Waals surface area contributed by atoms with Crippen LogP contribution in [0.2, 0.25) is 0 Å². The summed E-state index contributed by atoms with van der Waals surface area (Å²) in [6.07, 6.45) is 0. The molecule has 2 aromatic rings. The zero-order valence-electron chi connectivity index (χ0n) is 12.9. The van der Waals surface area contributed by atoms with E-state index in [1.54, 1.807) is 37.7 Å². The van der Waals surface area contributed by atoms with Crippen LogP contribution in [0.5, 0.6) is 0 Å². The van der Waals surface area contributed by atoms with Gasteiger partial charge in [0.25, 0.3) is 10.0 Å². The highest BCUT2D eigenvalue weighted by Gasteiger charge is 2.24. The molecule has 1 heterocycles. The van der Waals surface area contributed by atoms with Gasteiger partial charge in [-0.05, 0) is 51.0 Å². The predicted octanol–water partition coefficient (Wildman–Crippen LogP) is 2.04. The fraction of sp³-hybridized carbons (Fsp3) is 0.357. The summed E-state index contributed by atoms with van der Waals surface area (Å²) in [4.78, 5) is 0.221. The first-order chi connectivity index (χ1) is 9.63. The number of hydrogen-bond donors (Lipinski definition) is 2. The van der Waals surface area contributed by atoms with Crippen LogP contribution < -0.4 is 10.5 Å². The largest absolute Gasteiger partial charge is 0.399 e. The molecule has 21 heavy (non-hydrogen) atoms. The summed E-state index contributed by atoms with van der Waals surface area (Å²) in [5.74, 6) is 0. The number of nitrogens with two attached hydrogens (primary N) is 1. The van der Waals surface area contributed by atoms with Crippen molar-refractivity contribution in [3.8, 4) is 0 Å². The van der Waals surface area contributed by atoms with Crippen molar-refractivity contribution in [3.05, 3.63) is 34.6 Å². The van der Waals surface area contributed by atoms with Crippen LogP contribution in [0.4, 0.5) is 11.4 Å². The van der Waals surface area contributed by atoms with Crippen molar-refractivity contribution in [1.82, 2.24) is 9.78 Å². The first-order valence-electron chi connectivity index (χ1n) is 6.53. The topological polar surface area (TPSA) is 90.0 Å². The fourth-order valence-corrected chi connectivity index (χ4v) is 3.85. The third kappa shape index (κ3) is 2.73. The second kappa shape index (κ2) is 5.07. The molecule has 0 bridgehead atoms. The van der Waals surface area contributed by atoms with Gasteiger partial charge in [0.05, 0.1) is 17.1 Å². The average molecular weight is 308 g/mol. The summed E-state index contributed by atoms with van der Waals surface area (Å²) in [6.45, 7) is 7.07. The van der Waals surface area contributed by atoms with Gasteiger partial charge in [0.2, 0.25) is 0 Å². The molecule has 0 aliphatic rings. The Morgan fingerprint density at radius 2 is 1.76 bits per heavy atom. The number of aromatic nitrogens is 2. The van der Waals surface area contributed by atoms with Gasteiger partial charge in [-0.3, -0.25) is 9.40 Å². The lowest BCUT2D eigenvalue weighted by Crippen LogP contribution is -2.16. The molecule has 0 fully saturated rings. The molecule has 6 nitrogen and oxygen atoms in total. The third-order valence-corrected chi connectivity index (χ3v) is 5.19. The lowest BCUT2D eigenvalue weighted by molar-refractivity contribution is 0.599. The van der Waals surface area contributed by atoms with E-state index < -0.39 is 10.0 Å². The quantitative estimate of drug-likeness (QED) is 0.849. The number of sulfonamides is 1. The molecule has 1 aromatic heterocycles. The van der Waals surface area contributed by atoms with Gasteiger partial charge in [-0.2, -0.15) is 5.10 Å². The molecule has 1 aromatic carbocycles. The molecular weight excluding hydrogens is 288 g/mol. The van der Waals surface area contributed by atoms with Gasteiger partial charge in [-0.15, -0.1) is 0 Å². The maximum Gasteiger partial charge on any atom is 0.265 e. The summed E-state index contributed by atoms with van der Waals surface area (Å²) in [7, 11) is -1.96. The summed E-state index contributed by atoms with van der Waals surface area (Å²) in [5.41, 5.74) is 9.69. The Labute approximate surface area is 125 Å². The minimum Gasteiger partial charge on any atom is -0.399 e. The van der Waals surface area contributed by atoms with E-state index in [1.165, 1.54) is 0 Å². The average Bonchev–Trinajstić information content (AvgIpc) is 2.60. The molecule has 0 radical (unpaired) electrons. The molecule has 0 spiro atoms. The van der Waals surface area contributed by atoms with Gasteiger partial charge < -0.3 is 5.73 Å². The number of benzene rings is 1. The van der Waals surface area contributed by atoms with Crippen LogP contribution in [0, 0.1) is 27.7 Å². The second-order valence-corrected chi connectivity index (χ2v) is 6.87. The number of anilines is 2. The molecule has 0 amide bonds. The van der Waals surface area contributed by atoms with E-state index in [-0.39, 0.29) is 4.90 Å². The molecular formula is C14H20N4O2S. The fourth-order valence-electron chi connectivity index (χ4n) is 2.29. The minimum absolute atomic E-state index is 0.221. The molecule has 0 aliphatic carbocycles. The highest BCUT2D eigenvalue weighted by molar-refractivity contribution is 7.92. The van der Waals surface area contributed by atoms with Crippen LogP contribution in [-0.2, 0) is 17.1 Å². The standard InChI is InChI=1S/C14H20N4O2S/c1-8-7-13(9(2)6-12(8)15)17-21(19,20)14-10(3)16-18(5)11(14)4/h6-7,17H,15H2,1-5H3. The Morgan fingerprint density at radius 1 is 1.14 bits per heavy atom. The second-order valence-electron chi connectivity index (χ2n) is 5.25. The number of nitrogens with one attached hydrogen (secondary N) is 1. The first kappa shape index (κ1) is 15.4. The molecule has 0 atom stereocenters. The van der Waals surface area contributed by atoms with Crippen LogP contribution in [0.1, 0.15) is 22.5 Å². The molecule has 0 aliphatic heterocycles. The van der Waals surface area contributed by atoms with Gasteiger partial charge >= 0.3 is 0 Å². The van der Waals surface area contributed by atoms with Crippen molar-refractivity contribution in [2.75, 3.05) is 10.5 Å². The van der Waals surface area contributed by atoms with Gasteiger partial charge in [0.1, 0.15) is 4.90 Å². The van der Waals surface area contributed by atoms with Crippen molar-refractivity contribution < 1.29 is 8.42 Å². The number of hydrogen-bond acceptors (Lipinski definition) is 4. The molecule has 0 saturated heterocycles. The highest BCUT2D eigenvalue weighted by Crippen LogP contribution is 2.26. The predicted molar refractivity (Wildman–Crippen MR) is 83.8 cm³/mol. The van der Waals surface area contributed by atoms with Gasteiger partial charge in [0, 0.05) is 12.7 Å². The van der Waals surface area contributed by atoms with E-state index in [4.69, 9.17) is 5.73 Å². The van der Waals surface area contributed by atoms with Crippen LogP contribution in [0.25, 0.3) is 0 Å². The first-order valence-corrected chi connectivity index (χ1v) is 8.01. The van der Waals surface area contributed by atoms with Crippen LogP contribution in [0.3, 0.4) is 0 Å². The van der Waals surface area contributed by atoms with E-state index >= 15 is 0 Å². The minimum atomic E-state index is -3.68. The number of rotatable bonds is 3. The molecule has 114 valence electrons.